The molecule has 6 nitrogen and oxygen atoms in total. The maximum atomic E-state index is 12.4. The lowest BCUT2D eigenvalue weighted by Crippen LogP contribution is -2.43. The molecular formula is C18H25NO5S. The SMILES string of the molecule is CCC(C(=O)OCC(=O)N(CC)C1CCS(=O)(=O)C1)c1ccccc1. The fourth-order valence-electron chi connectivity index (χ4n) is 3.20. The van der Waals surface area contributed by atoms with Crippen LogP contribution in [-0.2, 0) is 24.2 Å². The van der Waals surface area contributed by atoms with Crippen molar-refractivity contribution in [1.29, 1.82) is 0 Å². The van der Waals surface area contributed by atoms with E-state index in [2.05, 4.69) is 0 Å². The second-order valence-corrected chi connectivity index (χ2v) is 8.44. The number of nitrogens with zero attached hydrogens (tertiary/aromatic N) is 1. The van der Waals surface area contributed by atoms with Crippen LogP contribution >= 0.6 is 0 Å². The Hall–Kier alpha value is -1.89. The van der Waals surface area contributed by atoms with Gasteiger partial charge in [0.15, 0.2) is 16.4 Å². The standard InChI is InChI=1S/C18H25NO5S/c1-3-16(14-8-6-5-7-9-14)18(21)24-12-17(20)19(4-2)15-10-11-25(22,23)13-15/h5-9,15-16H,3-4,10-13H2,1-2H3. The van der Waals surface area contributed by atoms with E-state index in [1.54, 1.807) is 6.92 Å². The topological polar surface area (TPSA) is 80.8 Å². The summed E-state index contributed by atoms with van der Waals surface area (Å²) >= 11 is 0. The lowest BCUT2D eigenvalue weighted by molar-refractivity contribution is -0.154. The minimum atomic E-state index is -3.07. The van der Waals surface area contributed by atoms with Crippen LogP contribution in [0, 0.1) is 0 Å². The Morgan fingerprint density at radius 2 is 1.92 bits per heavy atom. The van der Waals surface area contributed by atoms with Crippen LogP contribution < -0.4 is 0 Å². The predicted molar refractivity (Wildman–Crippen MR) is 94.9 cm³/mol. The Morgan fingerprint density at radius 1 is 1.24 bits per heavy atom. The maximum absolute atomic E-state index is 12.4. The van der Waals surface area contributed by atoms with Crippen molar-refractivity contribution in [3.63, 3.8) is 0 Å². The smallest absolute Gasteiger partial charge is 0.313 e. The molecule has 2 unspecified atom stereocenters. The third-order valence-corrected chi connectivity index (χ3v) is 6.29. The number of hydrogen-bond acceptors (Lipinski definition) is 5. The van der Waals surface area contributed by atoms with Crippen molar-refractivity contribution in [3.8, 4) is 0 Å². The van der Waals surface area contributed by atoms with Crippen molar-refractivity contribution < 1.29 is 22.7 Å². The van der Waals surface area contributed by atoms with Gasteiger partial charge in [-0.1, -0.05) is 37.3 Å². The molecule has 1 aliphatic heterocycles. The minimum Gasteiger partial charge on any atom is -0.455 e. The van der Waals surface area contributed by atoms with Gasteiger partial charge in [-0.05, 0) is 25.3 Å². The molecule has 1 heterocycles. The molecule has 0 aromatic heterocycles. The number of carbonyl (C=O) groups is 2. The first-order valence-electron chi connectivity index (χ1n) is 8.59. The van der Waals surface area contributed by atoms with Crippen molar-refractivity contribution in [2.75, 3.05) is 24.7 Å². The highest BCUT2D eigenvalue weighted by Crippen LogP contribution is 2.21. The Labute approximate surface area is 149 Å². The lowest BCUT2D eigenvalue weighted by Gasteiger charge is -2.27. The number of amides is 1. The molecule has 0 N–H and O–H groups in total. The van der Waals surface area contributed by atoms with Crippen LogP contribution in [0.3, 0.4) is 0 Å². The molecular weight excluding hydrogens is 342 g/mol. The fourth-order valence-corrected chi connectivity index (χ4v) is 4.93. The molecule has 2 rings (SSSR count). The number of sulfone groups is 1. The number of likely N-dealkylation sites (N-methyl/N-ethyl adjacent to an activating group) is 1. The van der Waals surface area contributed by atoms with Gasteiger partial charge in [-0.2, -0.15) is 0 Å². The average Bonchev–Trinajstić information content (AvgIpc) is 2.95. The summed E-state index contributed by atoms with van der Waals surface area (Å²) in [6, 6.07) is 8.99. The third kappa shape index (κ3) is 5.04. The second-order valence-electron chi connectivity index (χ2n) is 6.22. The van der Waals surface area contributed by atoms with Gasteiger partial charge in [-0.15, -0.1) is 0 Å². The zero-order valence-corrected chi connectivity index (χ0v) is 15.5. The zero-order chi connectivity index (χ0) is 18.4. The second kappa shape index (κ2) is 8.47. The first-order chi connectivity index (χ1) is 11.9. The van der Waals surface area contributed by atoms with Gasteiger partial charge in [0, 0.05) is 12.6 Å². The molecule has 0 saturated carbocycles. The maximum Gasteiger partial charge on any atom is 0.313 e. The molecule has 1 amide bonds. The molecule has 25 heavy (non-hydrogen) atoms. The van der Waals surface area contributed by atoms with Gasteiger partial charge in [0.2, 0.25) is 0 Å². The van der Waals surface area contributed by atoms with Gasteiger partial charge in [-0.3, -0.25) is 9.59 Å². The molecule has 1 saturated heterocycles. The van der Waals surface area contributed by atoms with E-state index in [0.29, 0.717) is 19.4 Å². The summed E-state index contributed by atoms with van der Waals surface area (Å²) in [5.74, 6) is -1.09. The summed E-state index contributed by atoms with van der Waals surface area (Å²) in [6.07, 6.45) is 1.02. The van der Waals surface area contributed by atoms with Gasteiger partial charge in [0.05, 0.1) is 17.4 Å². The highest BCUT2D eigenvalue weighted by molar-refractivity contribution is 7.91. The molecule has 1 aliphatic rings. The normalized spacial score (nSPS) is 20.0. The van der Waals surface area contributed by atoms with E-state index in [1.807, 2.05) is 37.3 Å². The van der Waals surface area contributed by atoms with Gasteiger partial charge in [0.1, 0.15) is 0 Å². The number of ether oxygens (including phenoxy) is 1. The van der Waals surface area contributed by atoms with E-state index >= 15 is 0 Å². The Balaban J connectivity index is 1.94. The summed E-state index contributed by atoms with van der Waals surface area (Å²) in [4.78, 5) is 26.2. The monoisotopic (exact) mass is 367 g/mol. The Bertz CT molecular complexity index is 701. The van der Waals surface area contributed by atoms with Crippen LogP contribution in [0.2, 0.25) is 0 Å². The average molecular weight is 367 g/mol. The zero-order valence-electron chi connectivity index (χ0n) is 14.7. The summed E-state index contributed by atoms with van der Waals surface area (Å²) < 4.78 is 28.4. The van der Waals surface area contributed by atoms with Crippen molar-refractivity contribution in [1.82, 2.24) is 4.90 Å². The van der Waals surface area contributed by atoms with Crippen molar-refractivity contribution in [2.24, 2.45) is 0 Å². The van der Waals surface area contributed by atoms with E-state index in [9.17, 15) is 18.0 Å². The van der Waals surface area contributed by atoms with Gasteiger partial charge >= 0.3 is 5.97 Å². The number of rotatable bonds is 7. The number of carbonyl (C=O) groups excluding carboxylic acids is 2. The Morgan fingerprint density at radius 3 is 2.44 bits per heavy atom. The number of benzene rings is 1. The molecule has 0 aliphatic carbocycles. The largest absolute Gasteiger partial charge is 0.455 e. The van der Waals surface area contributed by atoms with Crippen LogP contribution in [0.25, 0.3) is 0 Å². The van der Waals surface area contributed by atoms with Gasteiger partial charge in [0.25, 0.3) is 5.91 Å². The van der Waals surface area contributed by atoms with Crippen LogP contribution in [0.5, 0.6) is 0 Å². The Kier molecular flexibility index (Phi) is 6.58. The van der Waals surface area contributed by atoms with Gasteiger partial charge < -0.3 is 9.64 Å². The third-order valence-electron chi connectivity index (χ3n) is 4.54. The van der Waals surface area contributed by atoms with Crippen LogP contribution in [0.4, 0.5) is 0 Å². The summed E-state index contributed by atoms with van der Waals surface area (Å²) in [5, 5.41) is 0. The molecule has 0 bridgehead atoms. The summed E-state index contributed by atoms with van der Waals surface area (Å²) in [5.41, 5.74) is 0.858. The highest BCUT2D eigenvalue weighted by atomic mass is 32.2. The van der Waals surface area contributed by atoms with Gasteiger partial charge in [-0.25, -0.2) is 8.42 Å². The molecule has 1 aromatic rings. The van der Waals surface area contributed by atoms with Crippen molar-refractivity contribution >= 4 is 21.7 Å². The molecule has 0 radical (unpaired) electrons. The highest BCUT2D eigenvalue weighted by Gasteiger charge is 2.34. The fraction of sp³-hybridized carbons (Fsp3) is 0.556. The lowest BCUT2D eigenvalue weighted by atomic mass is 9.97. The van der Waals surface area contributed by atoms with E-state index in [4.69, 9.17) is 4.74 Å². The van der Waals surface area contributed by atoms with Crippen LogP contribution in [0.15, 0.2) is 30.3 Å². The molecule has 1 fully saturated rings. The van der Waals surface area contributed by atoms with E-state index in [-0.39, 0.29) is 30.1 Å². The predicted octanol–water partition coefficient (Wildman–Crippen LogP) is 1.76. The van der Waals surface area contributed by atoms with E-state index in [1.165, 1.54) is 4.90 Å². The first-order valence-corrected chi connectivity index (χ1v) is 10.4. The van der Waals surface area contributed by atoms with E-state index in [0.717, 1.165) is 5.56 Å². The van der Waals surface area contributed by atoms with Crippen LogP contribution in [-0.4, -0.2) is 55.9 Å². The van der Waals surface area contributed by atoms with Crippen molar-refractivity contribution in [2.45, 2.75) is 38.6 Å². The van der Waals surface area contributed by atoms with Crippen molar-refractivity contribution in [3.05, 3.63) is 35.9 Å². The molecule has 2 atom stereocenters. The number of esters is 1. The minimum absolute atomic E-state index is 0.0118. The molecule has 0 spiro atoms. The summed E-state index contributed by atoms with van der Waals surface area (Å²) in [7, 11) is -3.07. The quantitative estimate of drug-likeness (QED) is 0.686. The number of hydrogen-bond donors (Lipinski definition) is 0. The van der Waals surface area contributed by atoms with E-state index < -0.39 is 21.7 Å². The molecule has 1 aromatic carbocycles. The summed E-state index contributed by atoms with van der Waals surface area (Å²) in [6.45, 7) is 3.73. The van der Waals surface area contributed by atoms with Crippen LogP contribution in [0.1, 0.15) is 38.2 Å². The molecule has 7 heteroatoms. The molecule has 138 valence electrons. The first kappa shape index (κ1) is 19.4.